The van der Waals surface area contributed by atoms with E-state index in [1.807, 2.05) is 0 Å². The molecular formula is C13H19BrOS. The summed E-state index contributed by atoms with van der Waals surface area (Å²) in [4.78, 5) is 11.9. The first-order valence-electron chi connectivity index (χ1n) is 5.99. The molecule has 0 aliphatic heterocycles. The second kappa shape index (κ2) is 7.23. The largest absolute Gasteiger partial charge is 0.297 e. The highest BCUT2D eigenvalue weighted by atomic mass is 79.9. The van der Waals surface area contributed by atoms with E-state index in [2.05, 4.69) is 29.8 Å². The van der Waals surface area contributed by atoms with E-state index in [1.165, 1.54) is 36.8 Å². The summed E-state index contributed by atoms with van der Waals surface area (Å²) in [5, 5.41) is 0. The van der Waals surface area contributed by atoms with Gasteiger partial charge in [-0.2, -0.15) is 0 Å². The molecular weight excluding hydrogens is 284 g/mol. The molecule has 1 rings (SSSR count). The second-order valence-corrected chi connectivity index (χ2v) is 6.39. The van der Waals surface area contributed by atoms with Crippen molar-refractivity contribution >= 4 is 33.6 Å². The topological polar surface area (TPSA) is 17.1 Å². The molecule has 0 radical (unpaired) electrons. The quantitative estimate of drug-likeness (QED) is 0.647. The number of hydrogen-bond donors (Lipinski definition) is 0. The smallest absolute Gasteiger partial charge is 0.160 e. The molecule has 1 aromatic heterocycles. The molecule has 1 heterocycles. The van der Waals surface area contributed by atoms with E-state index in [-0.39, 0.29) is 0 Å². The van der Waals surface area contributed by atoms with Gasteiger partial charge in [-0.15, -0.1) is 11.3 Å². The van der Waals surface area contributed by atoms with Crippen molar-refractivity contribution in [2.24, 2.45) is 0 Å². The van der Waals surface area contributed by atoms with Gasteiger partial charge < -0.3 is 0 Å². The molecule has 1 nitrogen and oxygen atoms in total. The number of rotatable bonds is 7. The molecule has 0 saturated heterocycles. The molecule has 3 heteroatoms. The normalized spacial score (nSPS) is 10.7. The van der Waals surface area contributed by atoms with Crippen LogP contribution in [0, 0.1) is 0 Å². The van der Waals surface area contributed by atoms with Crippen LogP contribution in [-0.4, -0.2) is 6.29 Å². The highest BCUT2D eigenvalue weighted by molar-refractivity contribution is 9.11. The van der Waals surface area contributed by atoms with Gasteiger partial charge in [0.2, 0.25) is 0 Å². The summed E-state index contributed by atoms with van der Waals surface area (Å²) in [6, 6.07) is 0. The van der Waals surface area contributed by atoms with Gasteiger partial charge in [0.1, 0.15) is 0 Å². The summed E-state index contributed by atoms with van der Waals surface area (Å²) in [7, 11) is 0. The predicted octanol–water partition coefficient (Wildman–Crippen LogP) is 5.01. The van der Waals surface area contributed by atoms with Gasteiger partial charge in [-0.05, 0) is 52.7 Å². The van der Waals surface area contributed by atoms with Crippen LogP contribution in [0.2, 0.25) is 0 Å². The van der Waals surface area contributed by atoms with Gasteiger partial charge in [0, 0.05) is 0 Å². The monoisotopic (exact) mass is 302 g/mol. The van der Waals surface area contributed by atoms with Gasteiger partial charge in [-0.25, -0.2) is 0 Å². The van der Waals surface area contributed by atoms with Gasteiger partial charge in [0.25, 0.3) is 0 Å². The first-order valence-corrected chi connectivity index (χ1v) is 7.60. The summed E-state index contributed by atoms with van der Waals surface area (Å²) in [6.07, 6.45) is 7.91. The minimum atomic E-state index is 0.923. The fourth-order valence-corrected chi connectivity index (χ4v) is 3.71. The molecule has 0 amide bonds. The maximum atomic E-state index is 11.0. The second-order valence-electron chi connectivity index (χ2n) is 4.02. The van der Waals surface area contributed by atoms with Crippen LogP contribution in [0.4, 0.5) is 0 Å². The number of thiophene rings is 1. The van der Waals surface area contributed by atoms with Gasteiger partial charge in [0.05, 0.1) is 8.66 Å². The van der Waals surface area contributed by atoms with Gasteiger partial charge in [-0.3, -0.25) is 4.79 Å². The lowest BCUT2D eigenvalue weighted by molar-refractivity contribution is 0.112. The summed E-state index contributed by atoms with van der Waals surface area (Å²) >= 11 is 5.18. The molecule has 0 N–H and O–H groups in total. The zero-order valence-corrected chi connectivity index (χ0v) is 12.4. The van der Waals surface area contributed by atoms with E-state index >= 15 is 0 Å². The lowest BCUT2D eigenvalue weighted by Crippen LogP contribution is -1.94. The molecule has 0 unspecified atom stereocenters. The Hall–Kier alpha value is -0.150. The Kier molecular flexibility index (Phi) is 6.29. The van der Waals surface area contributed by atoms with Gasteiger partial charge in [0.15, 0.2) is 6.29 Å². The molecule has 0 aromatic carbocycles. The van der Waals surface area contributed by atoms with Crippen LogP contribution >= 0.6 is 27.3 Å². The van der Waals surface area contributed by atoms with E-state index in [1.54, 1.807) is 11.3 Å². The molecule has 0 fully saturated rings. The van der Waals surface area contributed by atoms with Crippen molar-refractivity contribution in [1.29, 1.82) is 0 Å². The first-order chi connectivity index (χ1) is 7.74. The third kappa shape index (κ3) is 3.42. The number of unbranched alkanes of at least 4 members (excludes halogenated alkanes) is 2. The van der Waals surface area contributed by atoms with E-state index in [4.69, 9.17) is 0 Å². The molecule has 90 valence electrons. The molecule has 0 atom stereocenters. The zero-order valence-electron chi connectivity index (χ0n) is 10.0. The fraction of sp³-hybridized carbons (Fsp3) is 0.615. The van der Waals surface area contributed by atoms with Crippen molar-refractivity contribution < 1.29 is 4.79 Å². The lowest BCUT2D eigenvalue weighted by atomic mass is 10.0. The van der Waals surface area contributed by atoms with E-state index in [0.717, 1.165) is 27.8 Å². The van der Waals surface area contributed by atoms with Crippen molar-refractivity contribution in [2.45, 2.75) is 52.4 Å². The molecule has 0 bridgehead atoms. The highest BCUT2D eigenvalue weighted by Gasteiger charge is 2.15. The van der Waals surface area contributed by atoms with Crippen LogP contribution in [0.15, 0.2) is 3.79 Å². The predicted molar refractivity (Wildman–Crippen MR) is 74.6 cm³/mol. The van der Waals surface area contributed by atoms with Crippen LogP contribution in [0.1, 0.15) is 60.3 Å². The van der Waals surface area contributed by atoms with Crippen molar-refractivity contribution in [3.63, 3.8) is 0 Å². The summed E-state index contributed by atoms with van der Waals surface area (Å²) in [5.74, 6) is 0. The first kappa shape index (κ1) is 13.9. The fourth-order valence-electron chi connectivity index (χ4n) is 1.81. The Bertz CT molecular complexity index is 344. The Morgan fingerprint density at radius 2 is 1.69 bits per heavy atom. The Morgan fingerprint density at radius 3 is 2.19 bits per heavy atom. The molecule has 0 saturated carbocycles. The van der Waals surface area contributed by atoms with Crippen LogP contribution in [-0.2, 0) is 12.8 Å². The third-order valence-corrected chi connectivity index (χ3v) is 4.72. The summed E-state index contributed by atoms with van der Waals surface area (Å²) in [6.45, 7) is 4.39. The minimum Gasteiger partial charge on any atom is -0.297 e. The van der Waals surface area contributed by atoms with E-state index in [9.17, 15) is 4.79 Å². The zero-order chi connectivity index (χ0) is 12.0. The minimum absolute atomic E-state index is 0.923. The summed E-state index contributed by atoms with van der Waals surface area (Å²) < 4.78 is 1.16. The molecule has 0 aliphatic rings. The van der Waals surface area contributed by atoms with Crippen molar-refractivity contribution in [2.75, 3.05) is 0 Å². The number of aldehydes is 1. The van der Waals surface area contributed by atoms with Crippen molar-refractivity contribution in [1.82, 2.24) is 0 Å². The standard InChI is InChI=1S/C13H19BrOS/c1-3-5-7-10-11(8-6-4-2)13(14)16-12(10)9-15/h9H,3-8H2,1-2H3. The molecule has 0 aliphatic carbocycles. The Balaban J connectivity index is 2.92. The van der Waals surface area contributed by atoms with Crippen molar-refractivity contribution in [3.05, 3.63) is 19.8 Å². The number of carbonyl (C=O) groups is 1. The molecule has 16 heavy (non-hydrogen) atoms. The maximum Gasteiger partial charge on any atom is 0.160 e. The maximum absolute atomic E-state index is 11.0. The Morgan fingerprint density at radius 1 is 1.12 bits per heavy atom. The highest BCUT2D eigenvalue weighted by Crippen LogP contribution is 2.34. The van der Waals surface area contributed by atoms with Gasteiger partial charge in [-0.1, -0.05) is 26.7 Å². The lowest BCUT2D eigenvalue weighted by Gasteiger charge is -2.04. The van der Waals surface area contributed by atoms with Crippen LogP contribution in [0.5, 0.6) is 0 Å². The SMILES string of the molecule is CCCCc1c(Br)sc(C=O)c1CCCC. The molecule has 1 aromatic rings. The van der Waals surface area contributed by atoms with Gasteiger partial charge >= 0.3 is 0 Å². The third-order valence-electron chi connectivity index (χ3n) is 2.77. The summed E-state index contributed by atoms with van der Waals surface area (Å²) in [5.41, 5.74) is 2.67. The van der Waals surface area contributed by atoms with E-state index in [0.29, 0.717) is 0 Å². The average molecular weight is 303 g/mol. The number of carbonyl (C=O) groups excluding carboxylic acids is 1. The van der Waals surface area contributed by atoms with Crippen molar-refractivity contribution in [3.8, 4) is 0 Å². The molecule has 0 spiro atoms. The van der Waals surface area contributed by atoms with E-state index < -0.39 is 0 Å². The number of hydrogen-bond acceptors (Lipinski definition) is 2. The van der Waals surface area contributed by atoms with Crippen LogP contribution in [0.25, 0.3) is 0 Å². The average Bonchev–Trinajstić information content (AvgIpc) is 2.60. The Labute approximate surface area is 110 Å². The van der Waals surface area contributed by atoms with Crippen LogP contribution in [0.3, 0.4) is 0 Å². The van der Waals surface area contributed by atoms with Crippen LogP contribution < -0.4 is 0 Å². The number of halogens is 1.